The Morgan fingerprint density at radius 3 is 2.56 bits per heavy atom. The van der Waals surface area contributed by atoms with Gasteiger partial charge in [0, 0.05) is 12.7 Å². The van der Waals surface area contributed by atoms with E-state index in [-0.39, 0.29) is 16.6 Å². The highest BCUT2D eigenvalue weighted by molar-refractivity contribution is 7.17. The molecule has 0 saturated carbocycles. The summed E-state index contributed by atoms with van der Waals surface area (Å²) in [5.74, 6) is -1.25. The van der Waals surface area contributed by atoms with Gasteiger partial charge in [0.25, 0.3) is 11.8 Å². The number of hydrogen-bond donors (Lipinski definition) is 3. The molecule has 27 heavy (non-hydrogen) atoms. The summed E-state index contributed by atoms with van der Waals surface area (Å²) in [4.78, 5) is 32.8. The van der Waals surface area contributed by atoms with Crippen LogP contribution in [0.3, 0.4) is 0 Å². The Labute approximate surface area is 157 Å². The van der Waals surface area contributed by atoms with E-state index in [0.717, 1.165) is 11.3 Å². The Bertz CT molecular complexity index is 1020. The molecule has 0 unspecified atom stereocenters. The van der Waals surface area contributed by atoms with Crippen LogP contribution in [0, 0.1) is 19.7 Å². The third kappa shape index (κ3) is 3.92. The molecule has 0 bridgehead atoms. The number of aryl methyl sites for hydroxylation is 3. The number of anilines is 3. The van der Waals surface area contributed by atoms with Crippen LogP contribution in [-0.4, -0.2) is 31.6 Å². The number of rotatable bonds is 4. The Morgan fingerprint density at radius 2 is 1.96 bits per heavy atom. The standard InChI is InChI=1S/C16H16FN7O2S/c1-7-4-10(17)9(13(25)22-16-20-8(2)24(3)23-16)5-11(7)21-14(26)12-6-19-15(18)27-12/h4-6H,1-3H3,(H2,18,19)(H,21,26)(H,22,23,25). The molecule has 1 aromatic carbocycles. The maximum atomic E-state index is 14.3. The molecule has 3 aromatic rings. The normalized spacial score (nSPS) is 10.7. The molecule has 3 rings (SSSR count). The van der Waals surface area contributed by atoms with Gasteiger partial charge < -0.3 is 11.1 Å². The fourth-order valence-corrected chi connectivity index (χ4v) is 2.82. The predicted octanol–water partition coefficient (Wildman–Crippen LogP) is 2.11. The second-order valence-corrected chi connectivity index (χ2v) is 6.79. The van der Waals surface area contributed by atoms with Gasteiger partial charge in [-0.25, -0.2) is 9.37 Å². The van der Waals surface area contributed by atoms with Crippen LogP contribution in [0.25, 0.3) is 0 Å². The molecule has 11 heteroatoms. The van der Waals surface area contributed by atoms with Crippen molar-refractivity contribution in [2.45, 2.75) is 13.8 Å². The van der Waals surface area contributed by atoms with Crippen molar-refractivity contribution in [3.63, 3.8) is 0 Å². The SMILES string of the molecule is Cc1cc(F)c(C(=O)Nc2nc(C)n(C)n2)cc1NC(=O)c1cnc(N)s1. The summed E-state index contributed by atoms with van der Waals surface area (Å²) in [5, 5.41) is 9.33. The van der Waals surface area contributed by atoms with E-state index in [2.05, 4.69) is 25.7 Å². The van der Waals surface area contributed by atoms with Crippen molar-refractivity contribution in [1.29, 1.82) is 0 Å². The zero-order chi connectivity index (χ0) is 19.7. The molecule has 0 radical (unpaired) electrons. The van der Waals surface area contributed by atoms with Crippen LogP contribution in [0.4, 0.5) is 21.2 Å². The van der Waals surface area contributed by atoms with E-state index in [1.165, 1.54) is 23.0 Å². The van der Waals surface area contributed by atoms with Crippen LogP contribution >= 0.6 is 11.3 Å². The minimum atomic E-state index is -0.726. The average Bonchev–Trinajstić information content (AvgIpc) is 3.15. The van der Waals surface area contributed by atoms with Gasteiger partial charge >= 0.3 is 0 Å². The number of halogens is 1. The number of nitrogens with two attached hydrogens (primary N) is 1. The lowest BCUT2D eigenvalue weighted by atomic mass is 10.1. The van der Waals surface area contributed by atoms with E-state index in [1.807, 2.05) is 0 Å². The third-order valence-corrected chi connectivity index (χ3v) is 4.59. The molecule has 0 fully saturated rings. The molecule has 0 saturated heterocycles. The van der Waals surface area contributed by atoms with Gasteiger partial charge in [0.15, 0.2) is 5.13 Å². The Hall–Kier alpha value is -3.34. The Kier molecular flexibility index (Phi) is 4.86. The maximum Gasteiger partial charge on any atom is 0.267 e. The van der Waals surface area contributed by atoms with Crippen LogP contribution in [0.5, 0.6) is 0 Å². The summed E-state index contributed by atoms with van der Waals surface area (Å²) in [7, 11) is 1.67. The van der Waals surface area contributed by atoms with Gasteiger partial charge in [0.05, 0.1) is 11.8 Å². The lowest BCUT2D eigenvalue weighted by molar-refractivity contribution is 0.101. The summed E-state index contributed by atoms with van der Waals surface area (Å²) in [5.41, 5.74) is 6.03. The summed E-state index contributed by atoms with van der Waals surface area (Å²) in [6.45, 7) is 3.33. The molecule has 2 amide bonds. The van der Waals surface area contributed by atoms with E-state index in [4.69, 9.17) is 5.73 Å². The Balaban J connectivity index is 1.84. The van der Waals surface area contributed by atoms with Crippen molar-refractivity contribution < 1.29 is 14.0 Å². The van der Waals surface area contributed by atoms with Gasteiger partial charge in [-0.3, -0.25) is 19.6 Å². The number of amides is 2. The second-order valence-electron chi connectivity index (χ2n) is 5.72. The first-order valence-electron chi connectivity index (χ1n) is 7.76. The molecule has 0 spiro atoms. The molecular weight excluding hydrogens is 373 g/mol. The average molecular weight is 389 g/mol. The topological polar surface area (TPSA) is 128 Å². The quantitative estimate of drug-likeness (QED) is 0.627. The molecule has 9 nitrogen and oxygen atoms in total. The lowest BCUT2D eigenvalue weighted by Crippen LogP contribution is -2.17. The highest BCUT2D eigenvalue weighted by Gasteiger charge is 2.18. The van der Waals surface area contributed by atoms with Crippen LogP contribution < -0.4 is 16.4 Å². The summed E-state index contributed by atoms with van der Waals surface area (Å²) < 4.78 is 15.8. The number of benzene rings is 1. The first-order chi connectivity index (χ1) is 12.7. The molecule has 0 aliphatic heterocycles. The van der Waals surface area contributed by atoms with Gasteiger partial charge in [-0.2, -0.15) is 4.98 Å². The zero-order valence-electron chi connectivity index (χ0n) is 14.7. The number of carbonyl (C=O) groups is 2. The third-order valence-electron chi connectivity index (χ3n) is 3.76. The molecule has 0 atom stereocenters. The van der Waals surface area contributed by atoms with E-state index in [1.54, 1.807) is 20.9 Å². The van der Waals surface area contributed by atoms with Crippen molar-refractivity contribution in [3.05, 3.63) is 46.0 Å². The van der Waals surface area contributed by atoms with Crippen LogP contribution in [-0.2, 0) is 7.05 Å². The van der Waals surface area contributed by atoms with Crippen LogP contribution in [0.1, 0.15) is 31.4 Å². The fourth-order valence-electron chi connectivity index (χ4n) is 2.24. The van der Waals surface area contributed by atoms with Gasteiger partial charge in [0.2, 0.25) is 5.95 Å². The number of thiazole rings is 1. The van der Waals surface area contributed by atoms with Gasteiger partial charge in [0.1, 0.15) is 16.5 Å². The number of hydrogen-bond acceptors (Lipinski definition) is 7. The van der Waals surface area contributed by atoms with Crippen molar-refractivity contribution in [2.24, 2.45) is 7.05 Å². The first kappa shape index (κ1) is 18.5. The smallest absolute Gasteiger partial charge is 0.267 e. The van der Waals surface area contributed by atoms with Gasteiger partial charge in [-0.1, -0.05) is 11.3 Å². The minimum absolute atomic E-state index is 0.0608. The maximum absolute atomic E-state index is 14.3. The predicted molar refractivity (Wildman–Crippen MR) is 99.3 cm³/mol. The number of carbonyl (C=O) groups excluding carboxylic acids is 2. The van der Waals surface area contributed by atoms with E-state index in [9.17, 15) is 14.0 Å². The minimum Gasteiger partial charge on any atom is -0.375 e. The van der Waals surface area contributed by atoms with Gasteiger partial charge in [-0.05, 0) is 31.5 Å². The van der Waals surface area contributed by atoms with Crippen molar-refractivity contribution in [1.82, 2.24) is 19.7 Å². The van der Waals surface area contributed by atoms with Crippen molar-refractivity contribution >= 4 is 39.9 Å². The Morgan fingerprint density at radius 1 is 1.22 bits per heavy atom. The molecular formula is C16H16FN7O2S. The number of nitrogens with one attached hydrogen (secondary N) is 2. The monoisotopic (exact) mass is 389 g/mol. The van der Waals surface area contributed by atoms with E-state index in [0.29, 0.717) is 22.0 Å². The van der Waals surface area contributed by atoms with E-state index < -0.39 is 17.6 Å². The second kappa shape index (κ2) is 7.11. The molecule has 2 heterocycles. The molecule has 2 aromatic heterocycles. The highest BCUT2D eigenvalue weighted by Crippen LogP contribution is 2.23. The van der Waals surface area contributed by atoms with Crippen molar-refractivity contribution in [2.75, 3.05) is 16.4 Å². The van der Waals surface area contributed by atoms with E-state index >= 15 is 0 Å². The largest absolute Gasteiger partial charge is 0.375 e. The van der Waals surface area contributed by atoms with Gasteiger partial charge in [-0.15, -0.1) is 5.10 Å². The summed E-state index contributed by atoms with van der Waals surface area (Å²) in [6, 6.07) is 2.43. The molecule has 0 aliphatic rings. The lowest BCUT2D eigenvalue weighted by Gasteiger charge is -2.11. The van der Waals surface area contributed by atoms with Crippen LogP contribution in [0.15, 0.2) is 18.3 Å². The van der Waals surface area contributed by atoms with Crippen molar-refractivity contribution in [3.8, 4) is 0 Å². The zero-order valence-corrected chi connectivity index (χ0v) is 15.5. The number of nitrogens with zero attached hydrogens (tertiary/aromatic N) is 4. The first-order valence-corrected chi connectivity index (χ1v) is 8.58. The molecule has 4 N–H and O–H groups in total. The summed E-state index contributed by atoms with van der Waals surface area (Å²) >= 11 is 1.02. The molecule has 0 aliphatic carbocycles. The van der Waals surface area contributed by atoms with Crippen LogP contribution in [0.2, 0.25) is 0 Å². The number of nitrogen functional groups attached to an aromatic ring is 1. The molecule has 140 valence electrons. The summed E-state index contributed by atoms with van der Waals surface area (Å²) in [6.07, 6.45) is 1.34. The number of aromatic nitrogens is 4. The highest BCUT2D eigenvalue weighted by atomic mass is 32.1. The fraction of sp³-hybridized carbons (Fsp3) is 0.188.